The number of nitrogens with zero attached hydrogens (tertiary/aromatic N) is 2. The van der Waals surface area contributed by atoms with E-state index in [1.807, 2.05) is 24.3 Å². The second-order valence-electron chi connectivity index (χ2n) is 9.03. The van der Waals surface area contributed by atoms with E-state index in [1.54, 1.807) is 0 Å². The fraction of sp³-hybridized carbons (Fsp3) is 0.400. The van der Waals surface area contributed by atoms with Gasteiger partial charge in [0.15, 0.2) is 5.82 Å². The Hall–Kier alpha value is -3.20. The molecule has 1 aromatic carbocycles. The Bertz CT molecular complexity index is 1320. The Kier molecular flexibility index (Phi) is 6.36. The molecule has 2 aliphatic rings. The highest BCUT2D eigenvalue weighted by Gasteiger charge is 2.38. The van der Waals surface area contributed by atoms with Crippen LogP contribution in [-0.4, -0.2) is 23.5 Å². The lowest BCUT2D eigenvalue weighted by Crippen LogP contribution is -2.19. The normalized spacial score (nSPS) is 17.0. The topological polar surface area (TPSA) is 122 Å². The van der Waals surface area contributed by atoms with Crippen LogP contribution in [0.5, 0.6) is 5.75 Å². The van der Waals surface area contributed by atoms with Gasteiger partial charge in [0.2, 0.25) is 10.9 Å². The Labute approximate surface area is 199 Å². The van der Waals surface area contributed by atoms with Gasteiger partial charge in [-0.3, -0.25) is 9.71 Å². The molecule has 8 nitrogen and oxygen atoms in total. The second-order valence-corrected chi connectivity index (χ2v) is 9.77. The van der Waals surface area contributed by atoms with Gasteiger partial charge in [0.25, 0.3) is 0 Å². The van der Waals surface area contributed by atoms with Crippen molar-refractivity contribution in [2.75, 3.05) is 4.72 Å². The van der Waals surface area contributed by atoms with Crippen molar-refractivity contribution in [1.82, 2.24) is 9.97 Å². The minimum atomic E-state index is -2.87. The summed E-state index contributed by atoms with van der Waals surface area (Å²) in [7, 11) is -2.87. The second kappa shape index (κ2) is 9.58. The lowest BCUT2D eigenvalue weighted by atomic mass is 9.85. The van der Waals surface area contributed by atoms with Crippen LogP contribution in [0.4, 0.5) is 5.82 Å². The third kappa shape index (κ3) is 4.57. The first-order valence-electron chi connectivity index (χ1n) is 11.7. The van der Waals surface area contributed by atoms with Crippen molar-refractivity contribution < 1.29 is 17.9 Å². The number of thiol groups is 1. The molecule has 2 aliphatic carbocycles. The van der Waals surface area contributed by atoms with Crippen LogP contribution in [0.3, 0.4) is 0 Å². The monoisotopic (exact) mass is 481 g/mol. The number of benzene rings is 1. The maximum absolute atomic E-state index is 13.1. The molecule has 1 saturated carbocycles. The van der Waals surface area contributed by atoms with E-state index in [9.17, 15) is 18.3 Å². The number of hydrogen-bond acceptors (Lipinski definition) is 7. The van der Waals surface area contributed by atoms with Gasteiger partial charge in [-0.1, -0.05) is 37.1 Å². The molecule has 1 unspecified atom stereocenters. The molecule has 1 atom stereocenters. The lowest BCUT2D eigenvalue weighted by Gasteiger charge is -2.21. The predicted molar refractivity (Wildman–Crippen MR) is 128 cm³/mol. The molecule has 34 heavy (non-hydrogen) atoms. The van der Waals surface area contributed by atoms with Crippen molar-refractivity contribution in [2.24, 2.45) is 5.92 Å². The van der Waals surface area contributed by atoms with Gasteiger partial charge in [-0.2, -0.15) is 0 Å². The summed E-state index contributed by atoms with van der Waals surface area (Å²) in [5.41, 5.74) is 2.73. The van der Waals surface area contributed by atoms with E-state index in [1.165, 1.54) is 12.4 Å². The van der Waals surface area contributed by atoms with Gasteiger partial charge in [-0.25, -0.2) is 18.2 Å². The fourth-order valence-corrected chi connectivity index (χ4v) is 5.30. The fourth-order valence-electron chi connectivity index (χ4n) is 4.96. The zero-order valence-corrected chi connectivity index (χ0v) is 19.6. The van der Waals surface area contributed by atoms with Crippen LogP contribution >= 0.6 is 0 Å². The SMILES string of the molecule is O=c1oc2c(c(O)c1C(c1ccc(-c3nccnc3N[SH](=O)=O)cc1)C1CC1)CCCCCC2. The number of hydrogen-bond donors (Lipinski definition) is 3. The summed E-state index contributed by atoms with van der Waals surface area (Å²) in [6.07, 6.45) is 10.4. The van der Waals surface area contributed by atoms with Crippen LogP contribution in [0.1, 0.15) is 66.9 Å². The van der Waals surface area contributed by atoms with Crippen molar-refractivity contribution >= 4 is 16.7 Å². The maximum Gasteiger partial charge on any atom is 0.343 e. The van der Waals surface area contributed by atoms with Gasteiger partial charge in [0.1, 0.15) is 17.2 Å². The summed E-state index contributed by atoms with van der Waals surface area (Å²) in [5, 5.41) is 11.2. The lowest BCUT2D eigenvalue weighted by molar-refractivity contribution is 0.382. The Morgan fingerprint density at radius 2 is 1.71 bits per heavy atom. The summed E-state index contributed by atoms with van der Waals surface area (Å²) in [6.45, 7) is 0. The van der Waals surface area contributed by atoms with Gasteiger partial charge in [-0.15, -0.1) is 0 Å². The number of fused-ring (bicyclic) bond motifs is 1. The third-order valence-electron chi connectivity index (χ3n) is 6.74. The van der Waals surface area contributed by atoms with Crippen LogP contribution in [0.15, 0.2) is 45.9 Å². The minimum Gasteiger partial charge on any atom is -0.507 e. The minimum absolute atomic E-state index is 0.105. The number of aryl methyl sites for hydroxylation is 1. The van der Waals surface area contributed by atoms with Crippen molar-refractivity contribution in [3.05, 3.63) is 69.5 Å². The zero-order valence-electron chi connectivity index (χ0n) is 18.7. The highest BCUT2D eigenvalue weighted by molar-refractivity contribution is 7.73. The molecule has 3 aromatic rings. The van der Waals surface area contributed by atoms with Gasteiger partial charge in [0, 0.05) is 35.9 Å². The van der Waals surface area contributed by atoms with Gasteiger partial charge >= 0.3 is 5.63 Å². The van der Waals surface area contributed by atoms with Crippen LogP contribution < -0.4 is 10.3 Å². The molecule has 5 rings (SSSR count). The molecular formula is C25H27N3O5S. The van der Waals surface area contributed by atoms with Gasteiger partial charge in [-0.05, 0) is 43.6 Å². The van der Waals surface area contributed by atoms with E-state index in [0.29, 0.717) is 29.0 Å². The average Bonchev–Trinajstić information content (AvgIpc) is 3.63. The molecular weight excluding hydrogens is 454 g/mol. The van der Waals surface area contributed by atoms with E-state index in [-0.39, 0.29) is 23.4 Å². The Morgan fingerprint density at radius 3 is 2.41 bits per heavy atom. The van der Waals surface area contributed by atoms with E-state index >= 15 is 0 Å². The van der Waals surface area contributed by atoms with Crippen LogP contribution in [0.25, 0.3) is 11.3 Å². The summed E-state index contributed by atoms with van der Waals surface area (Å²) in [4.78, 5) is 21.4. The smallest absolute Gasteiger partial charge is 0.343 e. The highest BCUT2D eigenvalue weighted by atomic mass is 32.2. The number of anilines is 1. The quantitative estimate of drug-likeness (QED) is 0.456. The van der Waals surface area contributed by atoms with Crippen molar-refractivity contribution in [3.63, 3.8) is 0 Å². The third-order valence-corrected chi connectivity index (χ3v) is 7.13. The molecule has 1 fully saturated rings. The first kappa shape index (κ1) is 22.6. The first-order chi connectivity index (χ1) is 16.5. The molecule has 0 bridgehead atoms. The summed E-state index contributed by atoms with van der Waals surface area (Å²) >= 11 is 0. The molecule has 0 spiro atoms. The molecule has 2 N–H and O–H groups in total. The number of aromatic nitrogens is 2. The Morgan fingerprint density at radius 1 is 1.00 bits per heavy atom. The standard InChI is InChI=1S/C25H27N3O5S/c29-23-18-5-3-1-2-4-6-19(18)33-25(30)21(23)20(15-7-8-15)16-9-11-17(12-10-16)22-24(28-34(31)32)27-14-13-26-22/h9-15,20,29,34H,1-8H2,(H,27,28,31,32). The molecule has 178 valence electrons. The summed E-state index contributed by atoms with van der Waals surface area (Å²) < 4.78 is 30.4. The molecule has 0 radical (unpaired) electrons. The largest absolute Gasteiger partial charge is 0.507 e. The van der Waals surface area contributed by atoms with Gasteiger partial charge in [0.05, 0.1) is 5.56 Å². The number of rotatable bonds is 6. The van der Waals surface area contributed by atoms with Crippen LogP contribution in [0, 0.1) is 5.92 Å². The average molecular weight is 482 g/mol. The van der Waals surface area contributed by atoms with Crippen molar-refractivity contribution in [2.45, 2.75) is 57.3 Å². The Balaban J connectivity index is 1.54. The van der Waals surface area contributed by atoms with Crippen LogP contribution in [-0.2, 0) is 23.7 Å². The maximum atomic E-state index is 13.1. The van der Waals surface area contributed by atoms with E-state index in [2.05, 4.69) is 14.7 Å². The van der Waals surface area contributed by atoms with E-state index in [0.717, 1.165) is 56.1 Å². The predicted octanol–water partition coefficient (Wildman–Crippen LogP) is 3.94. The van der Waals surface area contributed by atoms with Crippen molar-refractivity contribution in [1.29, 1.82) is 0 Å². The van der Waals surface area contributed by atoms with Gasteiger partial charge < -0.3 is 9.52 Å². The number of aromatic hydroxyl groups is 1. The van der Waals surface area contributed by atoms with E-state index in [4.69, 9.17) is 4.42 Å². The molecule has 2 aromatic heterocycles. The molecule has 9 heteroatoms. The molecule has 0 saturated heterocycles. The van der Waals surface area contributed by atoms with Crippen molar-refractivity contribution in [3.8, 4) is 17.0 Å². The molecule has 2 heterocycles. The zero-order chi connectivity index (χ0) is 23.7. The first-order valence-corrected chi connectivity index (χ1v) is 12.9. The highest BCUT2D eigenvalue weighted by Crippen LogP contribution is 2.48. The number of nitrogens with one attached hydrogen (secondary N) is 1. The summed E-state index contributed by atoms with van der Waals surface area (Å²) in [6, 6.07) is 7.49. The molecule has 0 amide bonds. The van der Waals surface area contributed by atoms with E-state index < -0.39 is 16.5 Å². The summed E-state index contributed by atoms with van der Waals surface area (Å²) in [5.74, 6) is 0.912. The molecule has 0 aliphatic heterocycles. The van der Waals surface area contributed by atoms with Crippen LogP contribution in [0.2, 0.25) is 0 Å².